The zero-order valence-corrected chi connectivity index (χ0v) is 17.0. The lowest BCUT2D eigenvalue weighted by molar-refractivity contribution is 0.295. The Balaban J connectivity index is 2.59. The summed E-state index contributed by atoms with van der Waals surface area (Å²) in [6.07, 6.45) is 0.831. The highest BCUT2D eigenvalue weighted by atomic mass is 35.5. The predicted molar refractivity (Wildman–Crippen MR) is 101 cm³/mol. The summed E-state index contributed by atoms with van der Waals surface area (Å²) in [5.41, 5.74) is -0.0181. The quantitative estimate of drug-likeness (QED) is 0.643. The number of nitrogens with zero attached hydrogens (tertiary/aromatic N) is 3. The van der Waals surface area contributed by atoms with Gasteiger partial charge in [0.2, 0.25) is 15.8 Å². The van der Waals surface area contributed by atoms with Gasteiger partial charge in [-0.3, -0.25) is 0 Å². The van der Waals surface area contributed by atoms with E-state index >= 15 is 0 Å². The number of sulfonamides is 1. The third-order valence-electron chi connectivity index (χ3n) is 3.23. The molecule has 2 N–H and O–H groups in total. The van der Waals surface area contributed by atoms with Crippen molar-refractivity contribution in [3.05, 3.63) is 34.3 Å². The van der Waals surface area contributed by atoms with E-state index in [1.165, 1.54) is 18.2 Å². The van der Waals surface area contributed by atoms with Crippen molar-refractivity contribution in [3.8, 4) is 5.75 Å². The van der Waals surface area contributed by atoms with Gasteiger partial charge in [-0.2, -0.15) is 0 Å². The number of halogens is 2. The van der Waals surface area contributed by atoms with Crippen molar-refractivity contribution >= 4 is 54.6 Å². The highest BCUT2D eigenvalue weighted by molar-refractivity contribution is 7.92. The molecule has 0 radical (unpaired) electrons. The lowest BCUT2D eigenvalue weighted by Crippen LogP contribution is -2.26. The second-order valence-corrected chi connectivity index (χ2v) is 10.2. The molecule has 1 heterocycles. The first-order valence-electron chi connectivity index (χ1n) is 7.32. The van der Waals surface area contributed by atoms with E-state index in [2.05, 4.69) is 10.2 Å². The number of benzene rings is 1. The van der Waals surface area contributed by atoms with Crippen LogP contribution in [0, 0.1) is 0 Å². The minimum Gasteiger partial charge on any atom is -0.504 e. The van der Waals surface area contributed by atoms with E-state index in [1.54, 1.807) is 0 Å². The van der Waals surface area contributed by atoms with Gasteiger partial charge in [-0.25, -0.2) is 21.1 Å². The molecule has 2 aromatic rings. The molecule has 0 aliphatic rings. The van der Waals surface area contributed by atoms with Crippen LogP contribution >= 0.6 is 23.2 Å². The minimum absolute atomic E-state index is 0.0181. The van der Waals surface area contributed by atoms with Crippen molar-refractivity contribution in [2.24, 2.45) is 0 Å². The average molecular weight is 456 g/mol. The lowest BCUT2D eigenvalue weighted by Gasteiger charge is -2.22. The van der Waals surface area contributed by atoms with E-state index in [0.29, 0.717) is 4.31 Å². The van der Waals surface area contributed by atoms with Crippen LogP contribution in [0.4, 0.5) is 11.5 Å². The van der Waals surface area contributed by atoms with Gasteiger partial charge < -0.3 is 10.2 Å². The molecule has 13 heteroatoms. The Morgan fingerprint density at radius 2 is 1.63 bits per heavy atom. The molecule has 9 nitrogen and oxygen atoms in total. The molecule has 2 rings (SSSR count). The highest BCUT2D eigenvalue weighted by Crippen LogP contribution is 2.36. The smallest absolute Gasteiger partial charge is 0.237 e. The zero-order valence-electron chi connectivity index (χ0n) is 13.9. The van der Waals surface area contributed by atoms with Crippen LogP contribution in [0.5, 0.6) is 5.75 Å². The molecule has 0 bridgehead atoms. The second-order valence-electron chi connectivity index (χ2n) is 5.44. The largest absolute Gasteiger partial charge is 0.504 e. The molecule has 1 aromatic carbocycles. The first-order chi connectivity index (χ1) is 12.5. The Hall–Kier alpha value is -1.66. The fourth-order valence-corrected chi connectivity index (χ4v) is 4.76. The molecular formula is C14H15Cl2N3O6S2. The van der Waals surface area contributed by atoms with Crippen LogP contribution in [-0.2, 0) is 19.9 Å². The van der Waals surface area contributed by atoms with Gasteiger partial charge in [0.1, 0.15) is 0 Å². The summed E-state index contributed by atoms with van der Waals surface area (Å²) >= 11 is 11.8. The number of aromatic hydroxyl groups is 1. The van der Waals surface area contributed by atoms with E-state index in [-0.39, 0.29) is 28.8 Å². The average Bonchev–Trinajstić information content (AvgIpc) is 2.52. The number of aliphatic hydroxyl groups is 1. The first kappa shape index (κ1) is 21.6. The Labute approximate surface area is 166 Å². The monoisotopic (exact) mass is 455 g/mol. The van der Waals surface area contributed by atoms with Gasteiger partial charge in [0.05, 0.1) is 17.7 Å². The van der Waals surface area contributed by atoms with Crippen molar-refractivity contribution in [1.82, 2.24) is 10.2 Å². The topological polar surface area (TPSA) is 138 Å². The molecule has 0 saturated carbocycles. The standard InChI is InChI=1S/C14H15Cl2N3O6S2/c1-26(22,23)19(11-6-9(15)5-10(16)7-11)14-12(21)8-13(17-18-14)27(24,25)4-2-3-20/h5-8,20H,2-4H2,1H3,(H,17,21). The number of sulfone groups is 1. The van der Waals surface area contributed by atoms with Gasteiger partial charge in [0.15, 0.2) is 20.6 Å². The van der Waals surface area contributed by atoms with Gasteiger partial charge in [-0.15, -0.1) is 10.2 Å². The summed E-state index contributed by atoms with van der Waals surface area (Å²) in [7, 11) is -7.92. The van der Waals surface area contributed by atoms with Crippen molar-refractivity contribution in [2.45, 2.75) is 11.4 Å². The molecule has 0 unspecified atom stereocenters. The molecule has 1 aromatic heterocycles. The molecule has 0 saturated heterocycles. The third-order valence-corrected chi connectivity index (χ3v) is 6.37. The van der Waals surface area contributed by atoms with E-state index < -0.39 is 42.2 Å². The molecule has 148 valence electrons. The molecule has 0 aliphatic carbocycles. The maximum absolute atomic E-state index is 12.2. The maximum Gasteiger partial charge on any atom is 0.237 e. The number of aliphatic hydroxyl groups excluding tert-OH is 1. The number of hydrogen-bond donors (Lipinski definition) is 2. The van der Waals surface area contributed by atoms with Crippen LogP contribution in [0.3, 0.4) is 0 Å². The summed E-state index contributed by atoms with van der Waals surface area (Å²) in [6.45, 7) is -0.339. The van der Waals surface area contributed by atoms with Gasteiger partial charge in [0, 0.05) is 22.7 Å². The van der Waals surface area contributed by atoms with Crippen LogP contribution in [0.2, 0.25) is 10.0 Å². The summed E-state index contributed by atoms with van der Waals surface area (Å²) in [4.78, 5) is 0. The molecule has 0 atom stereocenters. The Bertz CT molecular complexity index is 1040. The molecule has 0 aliphatic heterocycles. The second kappa shape index (κ2) is 8.15. The lowest BCUT2D eigenvalue weighted by atomic mass is 10.3. The van der Waals surface area contributed by atoms with E-state index in [4.69, 9.17) is 28.3 Å². The summed E-state index contributed by atoms with van der Waals surface area (Å²) in [5, 5.41) is 25.8. The Morgan fingerprint density at radius 1 is 1.04 bits per heavy atom. The Kier molecular flexibility index (Phi) is 6.53. The van der Waals surface area contributed by atoms with Gasteiger partial charge in [0.25, 0.3) is 0 Å². The van der Waals surface area contributed by atoms with Crippen LogP contribution < -0.4 is 4.31 Å². The van der Waals surface area contributed by atoms with E-state index in [0.717, 1.165) is 12.3 Å². The molecular weight excluding hydrogens is 441 g/mol. The van der Waals surface area contributed by atoms with Crippen molar-refractivity contribution in [1.29, 1.82) is 0 Å². The van der Waals surface area contributed by atoms with Crippen LogP contribution in [0.25, 0.3) is 0 Å². The third kappa shape index (κ3) is 5.20. The molecule has 0 fully saturated rings. The fraction of sp³-hybridized carbons (Fsp3) is 0.286. The summed E-state index contributed by atoms with van der Waals surface area (Å²) in [5.74, 6) is -1.65. The summed E-state index contributed by atoms with van der Waals surface area (Å²) in [6, 6.07) is 4.73. The normalized spacial score (nSPS) is 12.1. The molecule has 27 heavy (non-hydrogen) atoms. The van der Waals surface area contributed by atoms with Crippen molar-refractivity contribution < 1.29 is 27.0 Å². The number of rotatable bonds is 7. The fourth-order valence-electron chi connectivity index (χ4n) is 2.14. The first-order valence-corrected chi connectivity index (χ1v) is 11.6. The minimum atomic E-state index is -4.02. The molecule has 0 amide bonds. The van der Waals surface area contributed by atoms with E-state index in [9.17, 15) is 21.9 Å². The van der Waals surface area contributed by atoms with Crippen LogP contribution in [0.15, 0.2) is 29.3 Å². The van der Waals surface area contributed by atoms with Crippen LogP contribution in [0.1, 0.15) is 6.42 Å². The molecule has 0 spiro atoms. The highest BCUT2D eigenvalue weighted by Gasteiger charge is 2.27. The predicted octanol–water partition coefficient (Wildman–Crippen LogP) is 1.74. The SMILES string of the molecule is CS(=O)(=O)N(c1cc(Cl)cc(Cl)c1)c1nnc(S(=O)(=O)CCCO)cc1O. The van der Waals surface area contributed by atoms with Crippen molar-refractivity contribution in [3.63, 3.8) is 0 Å². The van der Waals surface area contributed by atoms with Gasteiger partial charge >= 0.3 is 0 Å². The Morgan fingerprint density at radius 3 is 2.11 bits per heavy atom. The van der Waals surface area contributed by atoms with Gasteiger partial charge in [-0.05, 0) is 24.6 Å². The van der Waals surface area contributed by atoms with E-state index in [1.807, 2.05) is 0 Å². The number of aromatic nitrogens is 2. The summed E-state index contributed by atoms with van der Waals surface area (Å²) < 4.78 is 49.3. The van der Waals surface area contributed by atoms with Gasteiger partial charge in [-0.1, -0.05) is 23.2 Å². The maximum atomic E-state index is 12.2. The van der Waals surface area contributed by atoms with Crippen LogP contribution in [-0.4, -0.2) is 55.9 Å². The number of hydrogen-bond acceptors (Lipinski definition) is 8. The zero-order chi connectivity index (χ0) is 20.4. The van der Waals surface area contributed by atoms with Crippen molar-refractivity contribution in [2.75, 3.05) is 22.9 Å². The number of anilines is 2.